The van der Waals surface area contributed by atoms with Crippen molar-refractivity contribution in [1.29, 1.82) is 0 Å². The highest BCUT2D eigenvalue weighted by Gasteiger charge is 2.03. The van der Waals surface area contributed by atoms with Crippen molar-refractivity contribution >= 4 is 11.0 Å². The summed E-state index contributed by atoms with van der Waals surface area (Å²) >= 11 is 0. The molecule has 0 spiro atoms. The second-order valence-corrected chi connectivity index (χ2v) is 4.49. The van der Waals surface area contributed by atoms with Gasteiger partial charge in [0.15, 0.2) is 0 Å². The van der Waals surface area contributed by atoms with Crippen LogP contribution in [0.3, 0.4) is 0 Å². The molecule has 96 valence electrons. The summed E-state index contributed by atoms with van der Waals surface area (Å²) in [6.07, 6.45) is 2.87. The highest BCUT2D eigenvalue weighted by molar-refractivity contribution is 5.73. The predicted octanol–water partition coefficient (Wildman–Crippen LogP) is 2.17. The number of rotatable bonds is 4. The van der Waals surface area contributed by atoms with Gasteiger partial charge in [0, 0.05) is 6.54 Å². The molecule has 3 aromatic rings. The van der Waals surface area contributed by atoms with Crippen LogP contribution in [0.5, 0.6) is 0 Å². The summed E-state index contributed by atoms with van der Waals surface area (Å²) in [6, 6.07) is 14.0. The molecule has 0 aliphatic heterocycles. The topological polar surface area (TPSA) is 50.9 Å². The van der Waals surface area contributed by atoms with E-state index in [9.17, 15) is 0 Å². The lowest BCUT2D eigenvalue weighted by Crippen LogP contribution is -2.01. The zero-order valence-corrected chi connectivity index (χ0v) is 10.5. The van der Waals surface area contributed by atoms with Crippen LogP contribution in [-0.4, -0.2) is 19.9 Å². The predicted molar refractivity (Wildman–Crippen MR) is 73.6 cm³/mol. The molecule has 2 heterocycles. The minimum atomic E-state index is -0.0366. The fraction of sp³-hybridized carbons (Fsp3) is 0.200. The summed E-state index contributed by atoms with van der Waals surface area (Å²) < 4.78 is 1.91. The van der Waals surface area contributed by atoms with E-state index >= 15 is 0 Å². The Hall–Kier alpha value is -2.20. The number of benzene rings is 1. The lowest BCUT2D eigenvalue weighted by Gasteiger charge is -2.00. The van der Waals surface area contributed by atoms with Gasteiger partial charge in [-0.1, -0.05) is 30.3 Å². The Morgan fingerprint density at radius 2 is 1.84 bits per heavy atom. The van der Waals surface area contributed by atoms with Gasteiger partial charge in [-0.25, -0.2) is 4.98 Å². The molecule has 4 heteroatoms. The second-order valence-electron chi connectivity index (χ2n) is 4.49. The maximum atomic E-state index is 9.07. The molecule has 0 fully saturated rings. The smallest absolute Gasteiger partial charge is 0.111 e. The Balaban J connectivity index is 1.78. The Kier molecular flexibility index (Phi) is 3.25. The second kappa shape index (κ2) is 5.20. The molecule has 1 aromatic carbocycles. The zero-order valence-electron chi connectivity index (χ0n) is 10.5. The largest absolute Gasteiger partial charge is 0.390 e. The Labute approximate surface area is 111 Å². The van der Waals surface area contributed by atoms with E-state index in [2.05, 4.69) is 22.2 Å². The van der Waals surface area contributed by atoms with Crippen LogP contribution in [0.1, 0.15) is 11.3 Å². The first-order valence-electron chi connectivity index (χ1n) is 6.33. The third-order valence-electron chi connectivity index (χ3n) is 3.10. The van der Waals surface area contributed by atoms with Crippen molar-refractivity contribution < 1.29 is 5.11 Å². The van der Waals surface area contributed by atoms with E-state index in [-0.39, 0.29) is 6.61 Å². The molecule has 19 heavy (non-hydrogen) atoms. The van der Waals surface area contributed by atoms with E-state index < -0.39 is 0 Å². The van der Waals surface area contributed by atoms with Crippen LogP contribution in [0.4, 0.5) is 0 Å². The van der Waals surface area contributed by atoms with Crippen molar-refractivity contribution in [1.82, 2.24) is 14.8 Å². The number of nitrogens with zero attached hydrogens (tertiary/aromatic N) is 3. The minimum Gasteiger partial charge on any atom is -0.390 e. The average Bonchev–Trinajstić information content (AvgIpc) is 2.88. The Morgan fingerprint density at radius 1 is 1.00 bits per heavy atom. The van der Waals surface area contributed by atoms with Crippen molar-refractivity contribution in [3.63, 3.8) is 0 Å². The van der Waals surface area contributed by atoms with Gasteiger partial charge in [0.05, 0.1) is 18.5 Å². The SMILES string of the molecule is OCc1ccc2nn(CCc3ccccc3)cc2n1. The van der Waals surface area contributed by atoms with Gasteiger partial charge in [-0.3, -0.25) is 4.68 Å². The van der Waals surface area contributed by atoms with E-state index in [1.54, 1.807) is 6.07 Å². The highest BCUT2D eigenvalue weighted by atomic mass is 16.3. The maximum absolute atomic E-state index is 9.07. The Morgan fingerprint density at radius 3 is 2.63 bits per heavy atom. The van der Waals surface area contributed by atoms with Crippen LogP contribution in [0.15, 0.2) is 48.7 Å². The van der Waals surface area contributed by atoms with E-state index in [4.69, 9.17) is 5.11 Å². The molecule has 0 aliphatic rings. The van der Waals surface area contributed by atoms with E-state index in [1.165, 1.54) is 5.56 Å². The molecule has 0 unspecified atom stereocenters. The molecular weight excluding hydrogens is 238 g/mol. The summed E-state index contributed by atoms with van der Waals surface area (Å²) in [6.45, 7) is 0.792. The first-order chi connectivity index (χ1) is 9.35. The van der Waals surface area contributed by atoms with Crippen LogP contribution < -0.4 is 0 Å². The molecule has 0 atom stereocenters. The molecule has 0 radical (unpaired) electrons. The minimum absolute atomic E-state index is 0.0366. The summed E-state index contributed by atoms with van der Waals surface area (Å²) in [5, 5.41) is 13.5. The molecular formula is C15H15N3O. The Bertz CT molecular complexity index is 676. The number of aryl methyl sites for hydroxylation is 2. The first kappa shape index (κ1) is 11.9. The van der Waals surface area contributed by atoms with Crippen LogP contribution in [0, 0.1) is 0 Å². The van der Waals surface area contributed by atoms with Crippen LogP contribution in [-0.2, 0) is 19.6 Å². The van der Waals surface area contributed by atoms with Crippen molar-refractivity contribution in [2.45, 2.75) is 19.6 Å². The highest BCUT2D eigenvalue weighted by Crippen LogP contribution is 2.11. The number of hydrogen-bond acceptors (Lipinski definition) is 3. The summed E-state index contributed by atoms with van der Waals surface area (Å²) in [5.41, 5.74) is 3.67. The molecule has 0 saturated carbocycles. The van der Waals surface area contributed by atoms with Gasteiger partial charge in [0.25, 0.3) is 0 Å². The van der Waals surface area contributed by atoms with Crippen molar-refractivity contribution in [3.05, 3.63) is 59.9 Å². The van der Waals surface area contributed by atoms with Gasteiger partial charge in [-0.15, -0.1) is 0 Å². The van der Waals surface area contributed by atoms with E-state index in [1.807, 2.05) is 35.1 Å². The molecule has 4 nitrogen and oxygen atoms in total. The van der Waals surface area contributed by atoms with Crippen LogP contribution >= 0.6 is 0 Å². The molecule has 0 amide bonds. The maximum Gasteiger partial charge on any atom is 0.111 e. The fourth-order valence-electron chi connectivity index (χ4n) is 2.09. The van der Waals surface area contributed by atoms with E-state index in [0.29, 0.717) is 5.69 Å². The first-order valence-corrected chi connectivity index (χ1v) is 6.33. The lowest BCUT2D eigenvalue weighted by molar-refractivity contribution is 0.277. The number of aliphatic hydroxyl groups excluding tert-OH is 1. The van der Waals surface area contributed by atoms with Crippen molar-refractivity contribution in [2.24, 2.45) is 0 Å². The quantitative estimate of drug-likeness (QED) is 0.775. The number of aromatic nitrogens is 3. The van der Waals surface area contributed by atoms with Gasteiger partial charge < -0.3 is 5.11 Å². The monoisotopic (exact) mass is 253 g/mol. The normalized spacial score (nSPS) is 11.0. The van der Waals surface area contributed by atoms with Gasteiger partial charge in [0.2, 0.25) is 0 Å². The molecule has 3 rings (SSSR count). The van der Waals surface area contributed by atoms with Gasteiger partial charge in [0.1, 0.15) is 11.0 Å². The third kappa shape index (κ3) is 2.63. The van der Waals surface area contributed by atoms with Gasteiger partial charge >= 0.3 is 0 Å². The summed E-state index contributed by atoms with van der Waals surface area (Å²) in [5.74, 6) is 0. The van der Waals surface area contributed by atoms with Crippen LogP contribution in [0.2, 0.25) is 0 Å². The summed E-state index contributed by atoms with van der Waals surface area (Å²) in [7, 11) is 0. The lowest BCUT2D eigenvalue weighted by atomic mass is 10.1. The van der Waals surface area contributed by atoms with Crippen LogP contribution in [0.25, 0.3) is 11.0 Å². The van der Waals surface area contributed by atoms with E-state index in [0.717, 1.165) is 24.0 Å². The molecule has 0 aliphatic carbocycles. The van der Waals surface area contributed by atoms with Crippen molar-refractivity contribution in [3.8, 4) is 0 Å². The van der Waals surface area contributed by atoms with Gasteiger partial charge in [-0.05, 0) is 24.1 Å². The standard InChI is InChI=1S/C15H15N3O/c19-11-13-6-7-14-15(16-13)10-18(17-14)9-8-12-4-2-1-3-5-12/h1-7,10,19H,8-9,11H2. The average molecular weight is 253 g/mol. The molecule has 1 N–H and O–H groups in total. The number of fused-ring (bicyclic) bond motifs is 1. The fourth-order valence-corrected chi connectivity index (χ4v) is 2.09. The molecule has 2 aromatic heterocycles. The van der Waals surface area contributed by atoms with Gasteiger partial charge in [-0.2, -0.15) is 5.10 Å². The number of pyridine rings is 1. The zero-order chi connectivity index (χ0) is 13.1. The third-order valence-corrected chi connectivity index (χ3v) is 3.10. The summed E-state index contributed by atoms with van der Waals surface area (Å²) in [4.78, 5) is 4.34. The number of aliphatic hydroxyl groups is 1. The molecule has 0 bridgehead atoms. The number of hydrogen-bond donors (Lipinski definition) is 1. The van der Waals surface area contributed by atoms with Crippen molar-refractivity contribution in [2.75, 3.05) is 0 Å². The molecule has 0 saturated heterocycles.